The second-order valence-corrected chi connectivity index (χ2v) is 8.59. The Bertz CT molecular complexity index is 950. The summed E-state index contributed by atoms with van der Waals surface area (Å²) < 4.78 is 15.0. The van der Waals surface area contributed by atoms with Gasteiger partial charge in [-0.05, 0) is 23.1 Å². The van der Waals surface area contributed by atoms with E-state index in [1.165, 1.54) is 17.1 Å². The van der Waals surface area contributed by atoms with E-state index in [0.717, 1.165) is 29.7 Å². The van der Waals surface area contributed by atoms with E-state index in [1.54, 1.807) is 12.4 Å². The monoisotopic (exact) mass is 384 g/mol. The van der Waals surface area contributed by atoms with Crippen LogP contribution in [0.2, 0.25) is 0 Å². The molecule has 0 amide bonds. The molecule has 27 heavy (non-hydrogen) atoms. The standard InChI is InChI=1S/C21H23N2O3P/c1-3-5-18-6-4-7-21(16-18)23-14-10-20(11-15-23)19-8-12-22(13-9-19)17(2)27(24,25)26/h4,6-17H,3,5H2,1-2H3/p+2. The SMILES string of the molecule is CCCc1cccc(-[n+]2ccc(-c3cc[n+](C(C)P(=O)(O)O)cc3)cc2)c1. The zero-order valence-electron chi connectivity index (χ0n) is 15.6. The number of nitrogens with zero attached hydrogens (tertiary/aromatic N) is 2. The Morgan fingerprint density at radius 2 is 1.56 bits per heavy atom. The molecule has 3 aromatic rings. The zero-order valence-corrected chi connectivity index (χ0v) is 16.5. The average Bonchev–Trinajstić information content (AvgIpc) is 2.67. The Hall–Kier alpha value is -2.33. The Morgan fingerprint density at radius 3 is 2.11 bits per heavy atom. The summed E-state index contributed by atoms with van der Waals surface area (Å²) in [5, 5.41) is 0. The first-order valence-electron chi connectivity index (χ1n) is 9.05. The molecule has 0 bridgehead atoms. The minimum absolute atomic E-state index is 0.875. The lowest BCUT2D eigenvalue weighted by atomic mass is 10.1. The van der Waals surface area contributed by atoms with E-state index in [9.17, 15) is 14.4 Å². The van der Waals surface area contributed by atoms with Crippen LogP contribution in [0.4, 0.5) is 0 Å². The van der Waals surface area contributed by atoms with Gasteiger partial charge in [-0.3, -0.25) is 4.57 Å². The fraction of sp³-hybridized carbons (Fsp3) is 0.238. The highest BCUT2D eigenvalue weighted by molar-refractivity contribution is 7.51. The van der Waals surface area contributed by atoms with E-state index in [2.05, 4.69) is 35.8 Å². The molecule has 0 saturated carbocycles. The van der Waals surface area contributed by atoms with Crippen molar-refractivity contribution in [3.05, 3.63) is 78.9 Å². The second kappa shape index (κ2) is 8.13. The number of aryl methyl sites for hydroxylation is 1. The third-order valence-corrected chi connectivity index (χ3v) is 5.92. The third kappa shape index (κ3) is 4.69. The van der Waals surface area contributed by atoms with Crippen LogP contribution < -0.4 is 9.13 Å². The lowest BCUT2D eigenvalue weighted by molar-refractivity contribution is -0.701. The lowest BCUT2D eigenvalue weighted by Gasteiger charge is -2.09. The Kier molecular flexibility index (Phi) is 5.85. The number of hydrogen-bond acceptors (Lipinski definition) is 1. The fourth-order valence-corrected chi connectivity index (χ4v) is 3.51. The van der Waals surface area contributed by atoms with Crippen molar-refractivity contribution in [1.82, 2.24) is 0 Å². The van der Waals surface area contributed by atoms with E-state index in [1.807, 2.05) is 36.7 Å². The summed E-state index contributed by atoms with van der Waals surface area (Å²) in [6.45, 7) is 3.69. The first-order valence-corrected chi connectivity index (χ1v) is 10.7. The molecular weight excluding hydrogens is 359 g/mol. The Morgan fingerprint density at radius 1 is 0.963 bits per heavy atom. The van der Waals surface area contributed by atoms with E-state index in [0.29, 0.717) is 0 Å². The third-order valence-electron chi connectivity index (χ3n) is 4.68. The first kappa shape index (κ1) is 19.4. The van der Waals surface area contributed by atoms with Gasteiger partial charge in [0.05, 0.1) is 0 Å². The largest absolute Gasteiger partial charge is 0.392 e. The molecule has 0 aliphatic carbocycles. The molecule has 0 saturated heterocycles. The fourth-order valence-electron chi connectivity index (χ4n) is 3.01. The molecule has 0 aliphatic rings. The molecule has 6 heteroatoms. The molecular formula is C21H25N2O3P+2. The summed E-state index contributed by atoms with van der Waals surface area (Å²) in [5.41, 5.74) is 4.51. The van der Waals surface area contributed by atoms with Crippen LogP contribution in [0, 0.1) is 0 Å². The van der Waals surface area contributed by atoms with Gasteiger partial charge in [0.2, 0.25) is 5.69 Å². The van der Waals surface area contributed by atoms with Crippen molar-refractivity contribution in [2.75, 3.05) is 0 Å². The molecule has 0 radical (unpaired) electrons. The molecule has 3 rings (SSSR count). The van der Waals surface area contributed by atoms with Crippen LogP contribution in [0.1, 0.15) is 31.6 Å². The molecule has 0 fully saturated rings. The van der Waals surface area contributed by atoms with Gasteiger partial charge in [-0.2, -0.15) is 9.13 Å². The molecule has 2 N–H and O–H groups in total. The highest BCUT2D eigenvalue weighted by Crippen LogP contribution is 2.45. The second-order valence-electron chi connectivity index (χ2n) is 6.67. The van der Waals surface area contributed by atoms with Crippen LogP contribution in [-0.4, -0.2) is 9.79 Å². The van der Waals surface area contributed by atoms with Gasteiger partial charge in [0, 0.05) is 43.3 Å². The van der Waals surface area contributed by atoms with E-state index in [-0.39, 0.29) is 0 Å². The summed E-state index contributed by atoms with van der Waals surface area (Å²) in [7, 11) is -4.16. The van der Waals surface area contributed by atoms with Gasteiger partial charge in [0.1, 0.15) is 0 Å². The zero-order chi connectivity index (χ0) is 19.4. The molecule has 1 unspecified atom stereocenters. The van der Waals surface area contributed by atoms with Crippen molar-refractivity contribution in [2.24, 2.45) is 0 Å². The number of aromatic nitrogens is 2. The first-order chi connectivity index (χ1) is 12.9. The van der Waals surface area contributed by atoms with Crippen molar-refractivity contribution in [3.63, 3.8) is 0 Å². The van der Waals surface area contributed by atoms with E-state index >= 15 is 0 Å². The maximum absolute atomic E-state index is 11.4. The van der Waals surface area contributed by atoms with E-state index < -0.39 is 13.4 Å². The Balaban J connectivity index is 1.81. The number of benzene rings is 1. The molecule has 5 nitrogen and oxygen atoms in total. The smallest absolute Gasteiger partial charge is 0.320 e. The number of pyridine rings is 2. The quantitative estimate of drug-likeness (QED) is 0.504. The molecule has 2 heterocycles. The van der Waals surface area contributed by atoms with Crippen LogP contribution in [0.5, 0.6) is 0 Å². The predicted octanol–water partition coefficient (Wildman–Crippen LogP) is 3.57. The van der Waals surface area contributed by atoms with Crippen LogP contribution in [0.3, 0.4) is 0 Å². The highest BCUT2D eigenvalue weighted by atomic mass is 31.2. The van der Waals surface area contributed by atoms with Gasteiger partial charge in [-0.25, -0.2) is 0 Å². The van der Waals surface area contributed by atoms with Crippen molar-refractivity contribution in [1.29, 1.82) is 0 Å². The summed E-state index contributed by atoms with van der Waals surface area (Å²) in [5.74, 6) is -0.875. The maximum atomic E-state index is 11.4. The summed E-state index contributed by atoms with van der Waals surface area (Å²) in [6, 6.07) is 16.4. The lowest BCUT2D eigenvalue weighted by Crippen LogP contribution is -2.36. The summed E-state index contributed by atoms with van der Waals surface area (Å²) >= 11 is 0. The van der Waals surface area contributed by atoms with Gasteiger partial charge < -0.3 is 9.79 Å². The summed E-state index contributed by atoms with van der Waals surface area (Å²) in [4.78, 5) is 18.6. The molecule has 1 atom stereocenters. The molecule has 0 spiro atoms. The van der Waals surface area contributed by atoms with Crippen LogP contribution >= 0.6 is 7.60 Å². The van der Waals surface area contributed by atoms with Crippen LogP contribution in [0.15, 0.2) is 73.3 Å². The van der Waals surface area contributed by atoms with Crippen molar-refractivity contribution in [3.8, 4) is 16.8 Å². The summed E-state index contributed by atoms with van der Waals surface area (Å²) in [6.07, 6.45) is 9.66. The van der Waals surface area contributed by atoms with Crippen molar-refractivity contribution < 1.29 is 23.5 Å². The minimum atomic E-state index is -4.16. The van der Waals surface area contributed by atoms with Crippen molar-refractivity contribution >= 4 is 7.60 Å². The maximum Gasteiger partial charge on any atom is 0.392 e. The predicted molar refractivity (Wildman–Crippen MR) is 104 cm³/mol. The van der Waals surface area contributed by atoms with E-state index in [4.69, 9.17) is 0 Å². The average molecular weight is 384 g/mol. The van der Waals surface area contributed by atoms with Crippen LogP contribution in [0.25, 0.3) is 16.8 Å². The number of rotatable bonds is 6. The molecule has 1 aromatic carbocycles. The topological polar surface area (TPSA) is 65.3 Å². The van der Waals surface area contributed by atoms with Gasteiger partial charge in [0.25, 0.3) is 5.78 Å². The van der Waals surface area contributed by atoms with Crippen LogP contribution in [-0.2, 0) is 11.0 Å². The van der Waals surface area contributed by atoms with Gasteiger partial charge >= 0.3 is 7.60 Å². The van der Waals surface area contributed by atoms with Gasteiger partial charge in [-0.15, -0.1) is 0 Å². The highest BCUT2D eigenvalue weighted by Gasteiger charge is 2.32. The molecule has 140 valence electrons. The van der Waals surface area contributed by atoms with Gasteiger partial charge in [0.15, 0.2) is 24.8 Å². The van der Waals surface area contributed by atoms with Gasteiger partial charge in [-0.1, -0.05) is 25.5 Å². The Labute approximate surface area is 159 Å². The molecule has 0 aliphatic heterocycles. The number of hydrogen-bond donors (Lipinski definition) is 2. The van der Waals surface area contributed by atoms with Crippen molar-refractivity contribution in [2.45, 2.75) is 32.5 Å². The molecule has 2 aromatic heterocycles. The normalized spacial score (nSPS) is 12.7. The minimum Gasteiger partial charge on any atom is -0.320 e.